The quantitative estimate of drug-likeness (QED) is 0.636. The second-order valence-electron chi connectivity index (χ2n) is 4.04. The van der Waals surface area contributed by atoms with E-state index in [0.717, 1.165) is 12.8 Å². The SMILES string of the molecule is CCOC(=O)CCNC(=O)N(CC(=O)O)C1CC1. The molecule has 0 unspecified atom stereocenters. The van der Waals surface area contributed by atoms with Crippen molar-refractivity contribution in [1.82, 2.24) is 10.2 Å². The van der Waals surface area contributed by atoms with Crippen LogP contribution in [-0.4, -0.2) is 53.7 Å². The largest absolute Gasteiger partial charge is 0.480 e. The molecule has 0 saturated heterocycles. The van der Waals surface area contributed by atoms with Crippen LogP contribution in [0.2, 0.25) is 0 Å². The van der Waals surface area contributed by atoms with E-state index in [9.17, 15) is 14.4 Å². The Bertz CT molecular complexity index is 327. The maximum absolute atomic E-state index is 11.7. The average molecular weight is 258 g/mol. The number of hydrogen-bond donors (Lipinski definition) is 2. The van der Waals surface area contributed by atoms with Gasteiger partial charge in [-0.2, -0.15) is 0 Å². The van der Waals surface area contributed by atoms with E-state index in [4.69, 9.17) is 9.84 Å². The molecule has 0 bridgehead atoms. The highest BCUT2D eigenvalue weighted by atomic mass is 16.5. The normalized spacial score (nSPS) is 13.8. The van der Waals surface area contributed by atoms with Crippen LogP contribution in [0.25, 0.3) is 0 Å². The Kier molecular flexibility index (Phi) is 5.41. The van der Waals surface area contributed by atoms with Gasteiger partial charge in [-0.15, -0.1) is 0 Å². The molecule has 7 nitrogen and oxygen atoms in total. The third kappa shape index (κ3) is 5.03. The summed E-state index contributed by atoms with van der Waals surface area (Å²) in [4.78, 5) is 34.6. The van der Waals surface area contributed by atoms with Gasteiger partial charge >= 0.3 is 18.0 Å². The number of carboxylic acids is 1. The van der Waals surface area contributed by atoms with E-state index in [0.29, 0.717) is 6.61 Å². The van der Waals surface area contributed by atoms with Gasteiger partial charge in [-0.3, -0.25) is 9.59 Å². The number of ether oxygens (including phenoxy) is 1. The molecule has 2 amide bonds. The summed E-state index contributed by atoms with van der Waals surface area (Å²) >= 11 is 0. The first kappa shape index (κ1) is 14.3. The van der Waals surface area contributed by atoms with Crippen LogP contribution in [0, 0.1) is 0 Å². The van der Waals surface area contributed by atoms with Gasteiger partial charge in [-0.25, -0.2) is 4.79 Å². The first-order chi connectivity index (χ1) is 8.54. The van der Waals surface area contributed by atoms with Gasteiger partial charge in [-0.05, 0) is 19.8 Å². The van der Waals surface area contributed by atoms with E-state index in [1.54, 1.807) is 6.92 Å². The molecule has 0 heterocycles. The fraction of sp³-hybridized carbons (Fsp3) is 0.727. The maximum Gasteiger partial charge on any atom is 0.323 e. The zero-order chi connectivity index (χ0) is 13.5. The molecule has 1 saturated carbocycles. The lowest BCUT2D eigenvalue weighted by molar-refractivity contribution is -0.143. The van der Waals surface area contributed by atoms with Crippen LogP contribution in [0.15, 0.2) is 0 Å². The summed E-state index contributed by atoms with van der Waals surface area (Å²) in [5.74, 6) is -1.42. The Morgan fingerprint density at radius 1 is 1.39 bits per heavy atom. The molecule has 0 aliphatic heterocycles. The second-order valence-corrected chi connectivity index (χ2v) is 4.04. The van der Waals surface area contributed by atoms with Crippen molar-refractivity contribution < 1.29 is 24.2 Å². The predicted molar refractivity (Wildman–Crippen MR) is 62.0 cm³/mol. The molecule has 1 aliphatic carbocycles. The summed E-state index contributed by atoms with van der Waals surface area (Å²) < 4.78 is 4.71. The molecule has 1 aliphatic rings. The third-order valence-electron chi connectivity index (χ3n) is 2.46. The van der Waals surface area contributed by atoms with Crippen LogP contribution >= 0.6 is 0 Å². The van der Waals surface area contributed by atoms with Crippen LogP contribution in [0.5, 0.6) is 0 Å². The average Bonchev–Trinajstić information content (AvgIpc) is 3.09. The van der Waals surface area contributed by atoms with Gasteiger partial charge < -0.3 is 20.1 Å². The summed E-state index contributed by atoms with van der Waals surface area (Å²) in [6, 6.07) is -0.423. The van der Waals surface area contributed by atoms with Crippen LogP contribution in [0.3, 0.4) is 0 Å². The first-order valence-electron chi connectivity index (χ1n) is 5.96. The van der Waals surface area contributed by atoms with Gasteiger partial charge in [0.15, 0.2) is 0 Å². The molecule has 1 rings (SSSR count). The molecule has 102 valence electrons. The van der Waals surface area contributed by atoms with Crippen molar-refractivity contribution in [2.75, 3.05) is 19.7 Å². The lowest BCUT2D eigenvalue weighted by Crippen LogP contribution is -2.44. The molecule has 0 aromatic heterocycles. The van der Waals surface area contributed by atoms with E-state index < -0.39 is 12.0 Å². The number of esters is 1. The molecule has 0 aromatic rings. The van der Waals surface area contributed by atoms with Crippen LogP contribution in [0.1, 0.15) is 26.2 Å². The van der Waals surface area contributed by atoms with Crippen LogP contribution < -0.4 is 5.32 Å². The number of nitrogens with zero attached hydrogens (tertiary/aromatic N) is 1. The van der Waals surface area contributed by atoms with Crippen molar-refractivity contribution in [3.8, 4) is 0 Å². The molecular weight excluding hydrogens is 240 g/mol. The Labute approximate surface area is 105 Å². The minimum Gasteiger partial charge on any atom is -0.480 e. The van der Waals surface area contributed by atoms with Crippen molar-refractivity contribution in [2.24, 2.45) is 0 Å². The summed E-state index contributed by atoms with van der Waals surface area (Å²) in [7, 11) is 0. The summed E-state index contributed by atoms with van der Waals surface area (Å²) in [5.41, 5.74) is 0. The van der Waals surface area contributed by atoms with Crippen molar-refractivity contribution in [3.63, 3.8) is 0 Å². The van der Waals surface area contributed by atoms with Gasteiger partial charge in [-0.1, -0.05) is 0 Å². The van der Waals surface area contributed by atoms with Gasteiger partial charge in [0, 0.05) is 12.6 Å². The first-order valence-corrected chi connectivity index (χ1v) is 5.96. The summed E-state index contributed by atoms with van der Waals surface area (Å²) in [6.07, 6.45) is 1.75. The monoisotopic (exact) mass is 258 g/mol. The minimum atomic E-state index is -1.04. The number of carbonyl (C=O) groups is 3. The van der Waals surface area contributed by atoms with Crippen molar-refractivity contribution in [2.45, 2.75) is 32.2 Å². The Morgan fingerprint density at radius 2 is 2.06 bits per heavy atom. The zero-order valence-electron chi connectivity index (χ0n) is 10.3. The Balaban J connectivity index is 2.28. The van der Waals surface area contributed by atoms with Gasteiger partial charge in [0.25, 0.3) is 0 Å². The second kappa shape index (κ2) is 6.83. The fourth-order valence-electron chi connectivity index (χ4n) is 1.50. The lowest BCUT2D eigenvalue weighted by atomic mass is 10.4. The standard InChI is InChI=1S/C11H18N2O5/c1-2-18-10(16)5-6-12-11(17)13(7-9(14)15)8-3-4-8/h8H,2-7H2,1H3,(H,12,17)(H,14,15). The number of hydrogen-bond acceptors (Lipinski definition) is 4. The molecule has 1 fully saturated rings. The molecule has 0 atom stereocenters. The minimum absolute atomic E-state index is 0.0173. The van der Waals surface area contributed by atoms with E-state index in [1.807, 2.05) is 0 Å². The highest BCUT2D eigenvalue weighted by Crippen LogP contribution is 2.26. The highest BCUT2D eigenvalue weighted by molar-refractivity contribution is 5.81. The van der Waals surface area contributed by atoms with E-state index in [2.05, 4.69) is 5.32 Å². The molecular formula is C11H18N2O5. The van der Waals surface area contributed by atoms with Gasteiger partial charge in [0.05, 0.1) is 13.0 Å². The predicted octanol–water partition coefficient (Wildman–Crippen LogP) is 0.198. The van der Waals surface area contributed by atoms with Gasteiger partial charge in [0.1, 0.15) is 6.54 Å². The molecule has 7 heteroatoms. The number of urea groups is 1. The van der Waals surface area contributed by atoms with Crippen LogP contribution in [-0.2, 0) is 14.3 Å². The summed E-state index contributed by atoms with van der Waals surface area (Å²) in [5, 5.41) is 11.2. The number of nitrogens with one attached hydrogen (secondary N) is 1. The molecule has 0 spiro atoms. The summed E-state index contributed by atoms with van der Waals surface area (Å²) in [6.45, 7) is 1.86. The van der Waals surface area contributed by atoms with Crippen molar-refractivity contribution in [3.05, 3.63) is 0 Å². The molecule has 0 radical (unpaired) electrons. The van der Waals surface area contributed by atoms with Gasteiger partial charge in [0.2, 0.25) is 0 Å². The highest BCUT2D eigenvalue weighted by Gasteiger charge is 2.33. The zero-order valence-corrected chi connectivity index (χ0v) is 10.3. The molecule has 18 heavy (non-hydrogen) atoms. The van der Waals surface area contributed by atoms with E-state index >= 15 is 0 Å². The number of carbonyl (C=O) groups excluding carboxylic acids is 2. The number of aliphatic carboxylic acids is 1. The van der Waals surface area contributed by atoms with Crippen molar-refractivity contribution in [1.29, 1.82) is 0 Å². The lowest BCUT2D eigenvalue weighted by Gasteiger charge is -2.20. The topological polar surface area (TPSA) is 95.9 Å². The molecule has 0 aromatic carbocycles. The Morgan fingerprint density at radius 3 is 2.56 bits per heavy atom. The van der Waals surface area contributed by atoms with E-state index in [1.165, 1.54) is 4.90 Å². The number of rotatable bonds is 7. The fourth-order valence-corrected chi connectivity index (χ4v) is 1.50. The van der Waals surface area contributed by atoms with Crippen LogP contribution in [0.4, 0.5) is 4.79 Å². The number of carboxylic acid groups (broad SMARTS) is 1. The number of amides is 2. The smallest absolute Gasteiger partial charge is 0.323 e. The van der Waals surface area contributed by atoms with Crippen molar-refractivity contribution >= 4 is 18.0 Å². The van der Waals surface area contributed by atoms with E-state index in [-0.39, 0.29) is 31.5 Å². The Hall–Kier alpha value is -1.79. The maximum atomic E-state index is 11.7. The molecule has 2 N–H and O–H groups in total. The third-order valence-corrected chi connectivity index (χ3v) is 2.46.